The van der Waals surface area contributed by atoms with Crippen LogP contribution in [0.5, 0.6) is 5.75 Å². The number of ether oxygens (including phenoxy) is 1. The molecule has 0 fully saturated rings. The second-order valence-corrected chi connectivity index (χ2v) is 5.31. The molecule has 0 saturated carbocycles. The number of halogens is 1. The molecule has 126 valence electrons. The third kappa shape index (κ3) is 3.00. The lowest BCUT2D eigenvalue weighted by Gasteiger charge is -2.16. The van der Waals surface area contributed by atoms with Gasteiger partial charge < -0.3 is 15.2 Å². The summed E-state index contributed by atoms with van der Waals surface area (Å²) in [7, 11) is 1.43. The molecule has 8 heteroatoms. The lowest BCUT2D eigenvalue weighted by atomic mass is 10.1. The van der Waals surface area contributed by atoms with Crippen molar-refractivity contribution in [2.24, 2.45) is 0 Å². The SMILES string of the molecule is COc1ccc([C@H](C)Nc2ncnc3c2cnn3CCO)cc1F. The van der Waals surface area contributed by atoms with Crippen LogP contribution in [0.25, 0.3) is 11.0 Å². The molecule has 0 amide bonds. The summed E-state index contributed by atoms with van der Waals surface area (Å²) in [5.41, 5.74) is 1.40. The van der Waals surface area contributed by atoms with Crippen molar-refractivity contribution in [3.63, 3.8) is 0 Å². The summed E-state index contributed by atoms with van der Waals surface area (Å²) in [5.74, 6) is 0.404. The molecule has 0 bridgehead atoms. The maximum absolute atomic E-state index is 13.9. The van der Waals surface area contributed by atoms with Gasteiger partial charge in [0.2, 0.25) is 0 Å². The van der Waals surface area contributed by atoms with Gasteiger partial charge in [0.05, 0.1) is 37.9 Å². The highest BCUT2D eigenvalue weighted by molar-refractivity contribution is 5.86. The fraction of sp³-hybridized carbons (Fsp3) is 0.312. The molecule has 0 aliphatic heterocycles. The lowest BCUT2D eigenvalue weighted by molar-refractivity contribution is 0.271. The maximum atomic E-state index is 13.9. The van der Waals surface area contributed by atoms with E-state index in [0.29, 0.717) is 18.0 Å². The molecular formula is C16H18FN5O2. The third-order valence-corrected chi connectivity index (χ3v) is 3.77. The molecule has 2 heterocycles. The van der Waals surface area contributed by atoms with E-state index >= 15 is 0 Å². The summed E-state index contributed by atoms with van der Waals surface area (Å²) in [5, 5.41) is 17.3. The number of hydrogen-bond donors (Lipinski definition) is 2. The molecule has 0 radical (unpaired) electrons. The van der Waals surface area contributed by atoms with Crippen LogP contribution in [0.15, 0.2) is 30.7 Å². The Kier molecular flexibility index (Phi) is 4.57. The van der Waals surface area contributed by atoms with Gasteiger partial charge in [-0.15, -0.1) is 0 Å². The zero-order valence-corrected chi connectivity index (χ0v) is 13.4. The largest absolute Gasteiger partial charge is 0.494 e. The first kappa shape index (κ1) is 16.1. The van der Waals surface area contributed by atoms with Gasteiger partial charge in [-0.3, -0.25) is 0 Å². The minimum atomic E-state index is -0.410. The second kappa shape index (κ2) is 6.79. The monoisotopic (exact) mass is 331 g/mol. The van der Waals surface area contributed by atoms with Crippen molar-refractivity contribution in [2.45, 2.75) is 19.5 Å². The summed E-state index contributed by atoms with van der Waals surface area (Å²) in [6, 6.07) is 4.65. The van der Waals surface area contributed by atoms with Crippen molar-refractivity contribution < 1.29 is 14.2 Å². The normalized spacial score (nSPS) is 12.3. The van der Waals surface area contributed by atoms with Crippen LogP contribution in [0.3, 0.4) is 0 Å². The van der Waals surface area contributed by atoms with Crippen LogP contribution < -0.4 is 10.1 Å². The average molecular weight is 331 g/mol. The number of anilines is 1. The van der Waals surface area contributed by atoms with Gasteiger partial charge in [0.25, 0.3) is 0 Å². The van der Waals surface area contributed by atoms with Crippen molar-refractivity contribution in [1.29, 1.82) is 0 Å². The molecule has 0 spiro atoms. The Morgan fingerprint density at radius 1 is 1.38 bits per heavy atom. The molecule has 1 atom stereocenters. The Morgan fingerprint density at radius 2 is 2.21 bits per heavy atom. The van der Waals surface area contributed by atoms with E-state index in [1.807, 2.05) is 6.92 Å². The molecule has 1 aromatic carbocycles. The average Bonchev–Trinajstić information content (AvgIpc) is 2.99. The third-order valence-electron chi connectivity index (χ3n) is 3.77. The molecular weight excluding hydrogens is 313 g/mol. The molecule has 24 heavy (non-hydrogen) atoms. The number of fused-ring (bicyclic) bond motifs is 1. The van der Waals surface area contributed by atoms with E-state index < -0.39 is 5.82 Å². The zero-order valence-electron chi connectivity index (χ0n) is 13.4. The predicted molar refractivity (Wildman–Crippen MR) is 87.4 cm³/mol. The molecule has 3 aromatic rings. The number of aromatic nitrogens is 4. The van der Waals surface area contributed by atoms with Crippen molar-refractivity contribution in [2.75, 3.05) is 19.0 Å². The molecule has 0 saturated heterocycles. The van der Waals surface area contributed by atoms with Crippen LogP contribution in [-0.4, -0.2) is 38.6 Å². The van der Waals surface area contributed by atoms with Gasteiger partial charge in [0, 0.05) is 0 Å². The summed E-state index contributed by atoms with van der Waals surface area (Å²) < 4.78 is 20.4. The van der Waals surface area contributed by atoms with E-state index in [1.165, 1.54) is 19.5 Å². The van der Waals surface area contributed by atoms with Crippen LogP contribution in [0.1, 0.15) is 18.5 Å². The van der Waals surface area contributed by atoms with Gasteiger partial charge in [0.1, 0.15) is 12.1 Å². The Bertz CT molecular complexity index is 852. The molecule has 3 rings (SSSR count). The smallest absolute Gasteiger partial charge is 0.165 e. The van der Waals surface area contributed by atoms with E-state index in [0.717, 1.165) is 10.9 Å². The van der Waals surface area contributed by atoms with Gasteiger partial charge in [-0.1, -0.05) is 6.07 Å². The number of aliphatic hydroxyl groups is 1. The minimum Gasteiger partial charge on any atom is -0.494 e. The summed E-state index contributed by atoms with van der Waals surface area (Å²) in [6.07, 6.45) is 3.08. The quantitative estimate of drug-likeness (QED) is 0.720. The van der Waals surface area contributed by atoms with E-state index in [2.05, 4.69) is 20.4 Å². The Labute approximate surface area is 138 Å². The number of nitrogens with one attached hydrogen (secondary N) is 1. The van der Waals surface area contributed by atoms with E-state index in [-0.39, 0.29) is 18.4 Å². The molecule has 0 aliphatic rings. The number of methoxy groups -OCH3 is 1. The zero-order chi connectivity index (χ0) is 17.1. The van der Waals surface area contributed by atoms with Crippen LogP contribution in [-0.2, 0) is 6.54 Å². The van der Waals surface area contributed by atoms with Gasteiger partial charge in [-0.25, -0.2) is 19.0 Å². The van der Waals surface area contributed by atoms with Crippen molar-refractivity contribution in [1.82, 2.24) is 19.7 Å². The fourth-order valence-corrected chi connectivity index (χ4v) is 2.51. The fourth-order valence-electron chi connectivity index (χ4n) is 2.51. The van der Waals surface area contributed by atoms with Crippen molar-refractivity contribution in [3.8, 4) is 5.75 Å². The number of rotatable bonds is 6. The Morgan fingerprint density at radius 3 is 2.92 bits per heavy atom. The van der Waals surface area contributed by atoms with Gasteiger partial charge in [-0.05, 0) is 24.6 Å². The van der Waals surface area contributed by atoms with Gasteiger partial charge >= 0.3 is 0 Å². The second-order valence-electron chi connectivity index (χ2n) is 5.31. The first-order valence-electron chi connectivity index (χ1n) is 7.51. The molecule has 2 N–H and O–H groups in total. The van der Waals surface area contributed by atoms with Gasteiger partial charge in [0.15, 0.2) is 17.2 Å². The Hall–Kier alpha value is -2.74. The lowest BCUT2D eigenvalue weighted by Crippen LogP contribution is -2.09. The number of aliphatic hydroxyl groups excluding tert-OH is 1. The van der Waals surface area contributed by atoms with Crippen LogP contribution >= 0.6 is 0 Å². The van der Waals surface area contributed by atoms with E-state index in [9.17, 15) is 4.39 Å². The standard InChI is InChI=1S/C16H18FN5O2/c1-10(11-3-4-14(24-2)13(17)7-11)21-15-12-8-20-22(5-6-23)16(12)19-9-18-15/h3-4,7-10,23H,5-6H2,1-2H3,(H,18,19,21)/t10-/m0/s1. The van der Waals surface area contributed by atoms with Gasteiger partial charge in [-0.2, -0.15) is 5.10 Å². The van der Waals surface area contributed by atoms with E-state index in [4.69, 9.17) is 9.84 Å². The highest BCUT2D eigenvalue weighted by atomic mass is 19.1. The first-order valence-corrected chi connectivity index (χ1v) is 7.51. The highest BCUT2D eigenvalue weighted by Crippen LogP contribution is 2.26. The molecule has 0 unspecified atom stereocenters. The molecule has 0 aliphatic carbocycles. The molecule has 7 nitrogen and oxygen atoms in total. The minimum absolute atomic E-state index is 0.0227. The summed E-state index contributed by atoms with van der Waals surface area (Å²) >= 11 is 0. The topological polar surface area (TPSA) is 85.1 Å². The number of nitrogens with zero attached hydrogens (tertiary/aromatic N) is 4. The predicted octanol–water partition coefficient (Wildman–Crippen LogP) is 2.14. The summed E-state index contributed by atoms with van der Waals surface area (Å²) in [4.78, 5) is 8.44. The number of hydrogen-bond acceptors (Lipinski definition) is 6. The van der Waals surface area contributed by atoms with Crippen LogP contribution in [0.2, 0.25) is 0 Å². The first-order chi connectivity index (χ1) is 11.6. The van der Waals surface area contributed by atoms with Crippen molar-refractivity contribution in [3.05, 3.63) is 42.1 Å². The Balaban J connectivity index is 1.88. The number of benzene rings is 1. The summed E-state index contributed by atoms with van der Waals surface area (Å²) in [6.45, 7) is 2.25. The molecule has 2 aromatic heterocycles. The van der Waals surface area contributed by atoms with Crippen LogP contribution in [0.4, 0.5) is 10.2 Å². The van der Waals surface area contributed by atoms with E-state index in [1.54, 1.807) is 23.0 Å². The maximum Gasteiger partial charge on any atom is 0.165 e. The van der Waals surface area contributed by atoms with Crippen molar-refractivity contribution >= 4 is 16.9 Å². The van der Waals surface area contributed by atoms with Crippen LogP contribution in [0, 0.1) is 5.82 Å². The highest BCUT2D eigenvalue weighted by Gasteiger charge is 2.14.